The van der Waals surface area contributed by atoms with E-state index in [0.717, 1.165) is 13.1 Å². The third kappa shape index (κ3) is 17.5. The van der Waals surface area contributed by atoms with Gasteiger partial charge in [-0.2, -0.15) is 0 Å². The first-order chi connectivity index (χ1) is 9.41. The summed E-state index contributed by atoms with van der Waals surface area (Å²) in [4.78, 5) is 4.40. The van der Waals surface area contributed by atoms with Gasteiger partial charge < -0.3 is 5.32 Å². The monoisotopic (exact) mass is 268 g/mol. The molecule has 2 heteroatoms. The van der Waals surface area contributed by atoms with E-state index in [0.29, 0.717) is 0 Å². The van der Waals surface area contributed by atoms with Crippen molar-refractivity contribution in [3.63, 3.8) is 0 Å². The highest BCUT2D eigenvalue weighted by Crippen LogP contribution is 2.05. The minimum atomic E-state index is 0.996. The average molecular weight is 268 g/mol. The standard InChI is InChI=1S/C17H36N2/c1-3-5-7-9-11-13-15-18-17-19-16-14-12-10-8-6-4-2/h17H,3-16H2,1-2H3,(H,18,19). The Morgan fingerprint density at radius 3 is 1.84 bits per heavy atom. The van der Waals surface area contributed by atoms with Gasteiger partial charge in [0.1, 0.15) is 0 Å². The van der Waals surface area contributed by atoms with Gasteiger partial charge in [0.05, 0.1) is 6.34 Å². The lowest BCUT2D eigenvalue weighted by atomic mass is 10.1. The van der Waals surface area contributed by atoms with Gasteiger partial charge in [0, 0.05) is 13.1 Å². The Bertz CT molecular complexity index is 178. The van der Waals surface area contributed by atoms with Gasteiger partial charge in [-0.05, 0) is 12.8 Å². The van der Waals surface area contributed by atoms with Crippen LogP contribution in [0.2, 0.25) is 0 Å². The lowest BCUT2D eigenvalue weighted by Gasteiger charge is -2.01. The van der Waals surface area contributed by atoms with Crippen molar-refractivity contribution in [3.8, 4) is 0 Å². The molecule has 2 nitrogen and oxygen atoms in total. The van der Waals surface area contributed by atoms with Crippen LogP contribution in [-0.2, 0) is 0 Å². The zero-order valence-corrected chi connectivity index (χ0v) is 13.4. The number of rotatable bonds is 15. The van der Waals surface area contributed by atoms with Crippen molar-refractivity contribution in [3.05, 3.63) is 0 Å². The zero-order chi connectivity index (χ0) is 14.0. The van der Waals surface area contributed by atoms with Gasteiger partial charge in [-0.15, -0.1) is 0 Å². The Balaban J connectivity index is 3.01. The second-order valence-electron chi connectivity index (χ2n) is 5.52. The van der Waals surface area contributed by atoms with E-state index in [2.05, 4.69) is 24.2 Å². The number of aliphatic imine (C=N–C) groups is 1. The van der Waals surface area contributed by atoms with Crippen LogP contribution in [0.5, 0.6) is 0 Å². The summed E-state index contributed by atoms with van der Waals surface area (Å²) in [6.45, 7) is 6.61. The Hall–Kier alpha value is -0.530. The quantitative estimate of drug-likeness (QED) is 0.242. The molecule has 0 rings (SSSR count). The van der Waals surface area contributed by atoms with E-state index in [1.54, 1.807) is 0 Å². The largest absolute Gasteiger partial charge is 0.376 e. The Morgan fingerprint density at radius 2 is 1.21 bits per heavy atom. The first-order valence-corrected chi connectivity index (χ1v) is 8.63. The summed E-state index contributed by atoms with van der Waals surface area (Å²) in [5.41, 5.74) is 0. The highest BCUT2D eigenvalue weighted by molar-refractivity contribution is 5.53. The fourth-order valence-electron chi connectivity index (χ4n) is 2.18. The van der Waals surface area contributed by atoms with E-state index in [4.69, 9.17) is 0 Å². The maximum atomic E-state index is 4.40. The first kappa shape index (κ1) is 18.5. The number of nitrogens with zero attached hydrogens (tertiary/aromatic N) is 1. The molecule has 0 aliphatic heterocycles. The average Bonchev–Trinajstić information content (AvgIpc) is 2.43. The molecule has 0 bridgehead atoms. The molecule has 114 valence electrons. The summed E-state index contributed by atoms with van der Waals surface area (Å²) < 4.78 is 0. The van der Waals surface area contributed by atoms with Gasteiger partial charge in [-0.1, -0.05) is 78.1 Å². The van der Waals surface area contributed by atoms with Gasteiger partial charge in [0.2, 0.25) is 0 Å². The van der Waals surface area contributed by atoms with Crippen LogP contribution in [0.1, 0.15) is 90.9 Å². The molecule has 0 saturated heterocycles. The lowest BCUT2D eigenvalue weighted by molar-refractivity contribution is 0.602. The van der Waals surface area contributed by atoms with E-state index < -0.39 is 0 Å². The Labute approximate surface area is 121 Å². The summed E-state index contributed by atoms with van der Waals surface area (Å²) in [6, 6.07) is 0. The van der Waals surface area contributed by atoms with Crippen molar-refractivity contribution in [1.29, 1.82) is 0 Å². The van der Waals surface area contributed by atoms with Crippen molar-refractivity contribution in [1.82, 2.24) is 5.32 Å². The van der Waals surface area contributed by atoms with Gasteiger partial charge in [0.15, 0.2) is 0 Å². The summed E-state index contributed by atoms with van der Waals surface area (Å²) >= 11 is 0. The molecule has 0 saturated carbocycles. The Morgan fingerprint density at radius 1 is 0.684 bits per heavy atom. The van der Waals surface area contributed by atoms with Crippen molar-refractivity contribution in [2.24, 2.45) is 4.99 Å². The third-order valence-corrected chi connectivity index (χ3v) is 3.50. The highest BCUT2D eigenvalue weighted by Gasteiger charge is 1.89. The molecule has 0 aromatic carbocycles. The molecule has 0 radical (unpaired) electrons. The molecular weight excluding hydrogens is 232 g/mol. The fraction of sp³-hybridized carbons (Fsp3) is 0.941. The zero-order valence-electron chi connectivity index (χ0n) is 13.4. The molecule has 0 amide bonds. The third-order valence-electron chi connectivity index (χ3n) is 3.50. The SMILES string of the molecule is CCCCCCCCN=CNCCCCCCCC. The maximum absolute atomic E-state index is 4.40. The highest BCUT2D eigenvalue weighted by atomic mass is 14.9. The molecule has 0 spiro atoms. The van der Waals surface area contributed by atoms with Crippen LogP contribution >= 0.6 is 0 Å². The summed E-state index contributed by atoms with van der Waals surface area (Å²) in [7, 11) is 0. The Kier molecular flexibility index (Phi) is 17.0. The molecule has 19 heavy (non-hydrogen) atoms. The minimum absolute atomic E-state index is 0.996. The van der Waals surface area contributed by atoms with Crippen molar-refractivity contribution >= 4 is 6.34 Å². The molecular formula is C17H36N2. The molecule has 1 N–H and O–H groups in total. The van der Waals surface area contributed by atoms with Crippen LogP contribution < -0.4 is 5.32 Å². The second kappa shape index (κ2) is 17.5. The van der Waals surface area contributed by atoms with Gasteiger partial charge in [-0.25, -0.2) is 0 Å². The molecule has 0 aliphatic rings. The van der Waals surface area contributed by atoms with E-state index in [-0.39, 0.29) is 0 Å². The van der Waals surface area contributed by atoms with Gasteiger partial charge in [-0.3, -0.25) is 4.99 Å². The predicted octanol–water partition coefficient (Wildman–Crippen LogP) is 5.33. The van der Waals surface area contributed by atoms with Crippen molar-refractivity contribution < 1.29 is 0 Å². The van der Waals surface area contributed by atoms with E-state index in [1.807, 2.05) is 6.34 Å². The summed E-state index contributed by atoms with van der Waals surface area (Å²) in [5.74, 6) is 0. The molecule has 0 unspecified atom stereocenters. The molecule has 0 fully saturated rings. The van der Waals surface area contributed by atoms with Crippen LogP contribution in [-0.4, -0.2) is 19.4 Å². The van der Waals surface area contributed by atoms with Crippen LogP contribution in [0, 0.1) is 0 Å². The predicted molar refractivity (Wildman–Crippen MR) is 88.1 cm³/mol. The van der Waals surface area contributed by atoms with Crippen LogP contribution in [0.3, 0.4) is 0 Å². The van der Waals surface area contributed by atoms with Crippen molar-refractivity contribution in [2.75, 3.05) is 13.1 Å². The number of nitrogens with one attached hydrogen (secondary N) is 1. The molecule has 0 heterocycles. The summed E-state index contributed by atoms with van der Waals surface area (Å²) in [5, 5.41) is 3.30. The maximum Gasteiger partial charge on any atom is 0.0823 e. The molecule has 0 aromatic heterocycles. The molecule has 0 atom stereocenters. The lowest BCUT2D eigenvalue weighted by Crippen LogP contribution is -2.12. The summed E-state index contributed by atoms with van der Waals surface area (Å²) in [6.07, 6.45) is 18.2. The molecule has 0 aliphatic carbocycles. The van der Waals surface area contributed by atoms with Crippen LogP contribution in [0.4, 0.5) is 0 Å². The van der Waals surface area contributed by atoms with Crippen LogP contribution in [0.25, 0.3) is 0 Å². The number of unbranched alkanes of at least 4 members (excludes halogenated alkanes) is 10. The number of hydrogen-bond donors (Lipinski definition) is 1. The topological polar surface area (TPSA) is 24.4 Å². The fourth-order valence-corrected chi connectivity index (χ4v) is 2.18. The van der Waals surface area contributed by atoms with Crippen molar-refractivity contribution in [2.45, 2.75) is 90.9 Å². The van der Waals surface area contributed by atoms with E-state index in [1.165, 1.54) is 77.0 Å². The van der Waals surface area contributed by atoms with Gasteiger partial charge >= 0.3 is 0 Å². The van der Waals surface area contributed by atoms with E-state index in [9.17, 15) is 0 Å². The smallest absolute Gasteiger partial charge is 0.0823 e. The molecule has 0 aromatic rings. The van der Waals surface area contributed by atoms with Crippen LogP contribution in [0.15, 0.2) is 4.99 Å². The second-order valence-corrected chi connectivity index (χ2v) is 5.52. The van der Waals surface area contributed by atoms with Gasteiger partial charge in [0.25, 0.3) is 0 Å². The normalized spacial score (nSPS) is 11.3. The van der Waals surface area contributed by atoms with E-state index >= 15 is 0 Å². The number of hydrogen-bond acceptors (Lipinski definition) is 1. The first-order valence-electron chi connectivity index (χ1n) is 8.63. The minimum Gasteiger partial charge on any atom is -0.376 e.